The minimum Gasteiger partial charge on any atom is -0.463 e. The molecule has 0 aromatic carbocycles. The summed E-state index contributed by atoms with van der Waals surface area (Å²) in [5.74, 6) is -0.334. The molecule has 1 rings (SSSR count). The van der Waals surface area contributed by atoms with Gasteiger partial charge in [0.2, 0.25) is 0 Å². The number of unbranched alkanes of at least 4 members (excludes halogenated alkanes) is 19. The fourth-order valence-electron chi connectivity index (χ4n) is 4.83. The van der Waals surface area contributed by atoms with Crippen molar-refractivity contribution < 1.29 is 29.6 Å². The van der Waals surface area contributed by atoms with Gasteiger partial charge in [-0.05, 0) is 6.42 Å². The molecule has 0 unspecified atom stereocenters. The lowest BCUT2D eigenvalue weighted by Gasteiger charge is -2.20. The third-order valence-electron chi connectivity index (χ3n) is 7.22. The lowest BCUT2D eigenvalue weighted by molar-refractivity contribution is -0.151. The lowest BCUT2D eigenvalue weighted by Crippen LogP contribution is -2.41. The number of carbonyl (C=O) groups is 1. The number of carbonyl (C=O) groups excluding carboxylic acids is 1. The Labute approximate surface area is 215 Å². The molecule has 35 heavy (non-hydrogen) atoms. The van der Waals surface area contributed by atoms with Crippen LogP contribution in [-0.4, -0.2) is 58.9 Å². The first-order chi connectivity index (χ1) is 17.1. The highest BCUT2D eigenvalue weighted by Crippen LogP contribution is 2.18. The number of rotatable bonds is 24. The molecule has 0 aromatic rings. The zero-order chi connectivity index (χ0) is 25.6. The van der Waals surface area contributed by atoms with Crippen molar-refractivity contribution in [2.24, 2.45) is 0 Å². The summed E-state index contributed by atoms with van der Waals surface area (Å²) >= 11 is 0. The van der Waals surface area contributed by atoms with Gasteiger partial charge in [0.1, 0.15) is 31.0 Å². The molecule has 6 heteroatoms. The smallest absolute Gasteiger partial charge is 0.305 e. The zero-order valence-corrected chi connectivity index (χ0v) is 22.6. The molecule has 1 aliphatic heterocycles. The van der Waals surface area contributed by atoms with Crippen molar-refractivity contribution in [1.29, 1.82) is 0 Å². The molecule has 1 saturated heterocycles. The van der Waals surface area contributed by atoms with E-state index in [4.69, 9.17) is 9.47 Å². The van der Waals surface area contributed by atoms with Gasteiger partial charge in [-0.3, -0.25) is 4.79 Å². The van der Waals surface area contributed by atoms with Crippen LogP contribution in [0.5, 0.6) is 0 Å². The second kappa shape index (κ2) is 22.5. The van der Waals surface area contributed by atoms with E-state index in [1.54, 1.807) is 0 Å². The Kier molecular flexibility index (Phi) is 20.8. The van der Waals surface area contributed by atoms with Crippen LogP contribution < -0.4 is 0 Å². The Bertz CT molecular complexity index is 486. The molecule has 1 fully saturated rings. The van der Waals surface area contributed by atoms with Crippen molar-refractivity contribution in [3.63, 3.8) is 0 Å². The molecule has 0 radical (unpaired) electrons. The lowest BCUT2D eigenvalue weighted by atomic mass is 10.0. The number of aliphatic hydroxyl groups excluding tert-OH is 3. The SMILES string of the molecule is CCCCCCCCCCCCCCCCCCCCCCC(=O)OC[C@@H](O)[C@H]1OC[C@@H](O)[C@H]1O. The Balaban J connectivity index is 1.76. The number of ether oxygens (including phenoxy) is 2. The predicted molar refractivity (Wildman–Crippen MR) is 141 cm³/mol. The summed E-state index contributed by atoms with van der Waals surface area (Å²) in [6, 6.07) is 0. The largest absolute Gasteiger partial charge is 0.463 e. The number of aliphatic hydroxyl groups is 3. The van der Waals surface area contributed by atoms with Gasteiger partial charge in [-0.2, -0.15) is 0 Å². The molecule has 0 aliphatic carbocycles. The zero-order valence-electron chi connectivity index (χ0n) is 22.6. The summed E-state index contributed by atoms with van der Waals surface area (Å²) in [4.78, 5) is 11.8. The normalized spacial score (nSPS) is 20.9. The van der Waals surface area contributed by atoms with E-state index in [1.807, 2.05) is 0 Å². The molecule has 1 aliphatic rings. The fraction of sp³-hybridized carbons (Fsp3) is 0.966. The van der Waals surface area contributed by atoms with Crippen molar-refractivity contribution in [1.82, 2.24) is 0 Å². The van der Waals surface area contributed by atoms with E-state index in [2.05, 4.69) is 6.92 Å². The molecule has 208 valence electrons. The summed E-state index contributed by atoms with van der Waals surface area (Å²) in [6.07, 6.45) is 22.7. The Morgan fingerprint density at radius 2 is 1.14 bits per heavy atom. The van der Waals surface area contributed by atoms with Crippen LogP contribution >= 0.6 is 0 Å². The minimum absolute atomic E-state index is 0.0176. The van der Waals surface area contributed by atoms with Crippen LogP contribution in [0.2, 0.25) is 0 Å². The highest BCUT2D eigenvalue weighted by molar-refractivity contribution is 5.69. The predicted octanol–water partition coefficient (Wildman–Crippen LogP) is 6.22. The number of hydrogen-bond acceptors (Lipinski definition) is 6. The standard InChI is InChI=1S/C29H56O6/c1-2-3-4-5-6-7-8-9-10-11-12-13-14-15-16-17-18-19-20-21-22-27(32)34-24-26(31)29-28(33)25(30)23-35-29/h25-26,28-31,33H,2-24H2,1H3/t25-,26-,28-,29-/m1/s1. The van der Waals surface area contributed by atoms with E-state index in [9.17, 15) is 20.1 Å². The van der Waals surface area contributed by atoms with E-state index in [-0.39, 0.29) is 19.2 Å². The van der Waals surface area contributed by atoms with Gasteiger partial charge in [0.15, 0.2) is 0 Å². The van der Waals surface area contributed by atoms with Crippen LogP contribution in [0, 0.1) is 0 Å². The van der Waals surface area contributed by atoms with Crippen LogP contribution in [0.3, 0.4) is 0 Å². The maximum Gasteiger partial charge on any atom is 0.305 e. The van der Waals surface area contributed by atoms with Crippen LogP contribution in [-0.2, 0) is 14.3 Å². The first-order valence-corrected chi connectivity index (χ1v) is 14.9. The van der Waals surface area contributed by atoms with E-state index in [0.29, 0.717) is 6.42 Å². The summed E-state index contributed by atoms with van der Waals surface area (Å²) in [7, 11) is 0. The first-order valence-electron chi connectivity index (χ1n) is 14.9. The molecular weight excluding hydrogens is 444 g/mol. The van der Waals surface area contributed by atoms with Gasteiger partial charge in [-0.1, -0.05) is 129 Å². The van der Waals surface area contributed by atoms with Crippen LogP contribution in [0.25, 0.3) is 0 Å². The van der Waals surface area contributed by atoms with Crippen molar-refractivity contribution in [2.45, 2.75) is 166 Å². The van der Waals surface area contributed by atoms with Gasteiger partial charge in [0.25, 0.3) is 0 Å². The molecule has 3 N–H and O–H groups in total. The third kappa shape index (κ3) is 17.4. The quantitative estimate of drug-likeness (QED) is 0.107. The fourth-order valence-corrected chi connectivity index (χ4v) is 4.83. The highest BCUT2D eigenvalue weighted by atomic mass is 16.6. The van der Waals surface area contributed by atoms with Gasteiger partial charge < -0.3 is 24.8 Å². The molecule has 1 heterocycles. The molecule has 0 amide bonds. The van der Waals surface area contributed by atoms with E-state index >= 15 is 0 Å². The summed E-state index contributed by atoms with van der Waals surface area (Å²) < 4.78 is 10.2. The molecule has 0 saturated carbocycles. The average molecular weight is 501 g/mol. The van der Waals surface area contributed by atoms with Crippen molar-refractivity contribution >= 4 is 5.97 Å². The van der Waals surface area contributed by atoms with Crippen molar-refractivity contribution in [3.8, 4) is 0 Å². The molecule has 4 atom stereocenters. The summed E-state index contributed by atoms with van der Waals surface area (Å²) in [5.41, 5.74) is 0. The van der Waals surface area contributed by atoms with Gasteiger partial charge in [-0.25, -0.2) is 0 Å². The topological polar surface area (TPSA) is 96.2 Å². The third-order valence-corrected chi connectivity index (χ3v) is 7.22. The maximum absolute atomic E-state index is 11.8. The Hall–Kier alpha value is -0.690. The van der Waals surface area contributed by atoms with Crippen molar-refractivity contribution in [2.75, 3.05) is 13.2 Å². The van der Waals surface area contributed by atoms with E-state index in [1.165, 1.54) is 109 Å². The summed E-state index contributed by atoms with van der Waals surface area (Å²) in [6.45, 7) is 2.04. The second-order valence-corrected chi connectivity index (χ2v) is 10.6. The Morgan fingerprint density at radius 3 is 1.51 bits per heavy atom. The van der Waals surface area contributed by atoms with Crippen LogP contribution in [0.15, 0.2) is 0 Å². The first kappa shape index (κ1) is 32.3. The number of esters is 1. The van der Waals surface area contributed by atoms with E-state index in [0.717, 1.165) is 19.3 Å². The van der Waals surface area contributed by atoms with Crippen molar-refractivity contribution in [3.05, 3.63) is 0 Å². The highest BCUT2D eigenvalue weighted by Gasteiger charge is 2.39. The van der Waals surface area contributed by atoms with Gasteiger partial charge in [-0.15, -0.1) is 0 Å². The minimum atomic E-state index is -1.15. The second-order valence-electron chi connectivity index (χ2n) is 10.6. The van der Waals surface area contributed by atoms with E-state index < -0.39 is 24.4 Å². The summed E-state index contributed by atoms with van der Waals surface area (Å²) in [5, 5.41) is 29.1. The Morgan fingerprint density at radius 1 is 0.743 bits per heavy atom. The molecule has 0 bridgehead atoms. The molecule has 0 spiro atoms. The van der Waals surface area contributed by atoms with Gasteiger partial charge in [0, 0.05) is 6.42 Å². The monoisotopic (exact) mass is 500 g/mol. The maximum atomic E-state index is 11.8. The van der Waals surface area contributed by atoms with Gasteiger partial charge >= 0.3 is 5.97 Å². The average Bonchev–Trinajstić information content (AvgIpc) is 3.19. The van der Waals surface area contributed by atoms with Crippen LogP contribution in [0.1, 0.15) is 142 Å². The van der Waals surface area contributed by atoms with Crippen LogP contribution in [0.4, 0.5) is 0 Å². The molecule has 0 aromatic heterocycles. The molecular formula is C29H56O6. The number of hydrogen-bond donors (Lipinski definition) is 3. The van der Waals surface area contributed by atoms with Gasteiger partial charge in [0.05, 0.1) is 6.61 Å². The molecule has 6 nitrogen and oxygen atoms in total.